The Bertz CT molecular complexity index is 1430. The van der Waals surface area contributed by atoms with Crippen LogP contribution in [0.25, 0.3) is 10.9 Å². The highest BCUT2D eigenvalue weighted by Gasteiger charge is 2.27. The molecule has 10 heteroatoms. The normalized spacial score (nSPS) is 13.6. The second-order valence-electron chi connectivity index (χ2n) is 7.25. The minimum Gasteiger partial charge on any atom is -0.350 e. The molecule has 1 atom stereocenters. The molecule has 0 unspecified atom stereocenters. The average Bonchev–Trinajstić information content (AvgIpc) is 2.69. The smallest absolute Gasteiger partial charge is 0.329 e. The molecule has 1 aromatic heterocycles. The van der Waals surface area contributed by atoms with Crippen LogP contribution in [0.2, 0.25) is 0 Å². The van der Waals surface area contributed by atoms with Gasteiger partial charge in [-0.25, -0.2) is 26.9 Å². The zero-order chi connectivity index (χ0) is 23.0. The van der Waals surface area contributed by atoms with E-state index in [1.165, 1.54) is 0 Å². The number of fused-ring (bicyclic) bond motifs is 1. The molecule has 1 aliphatic rings. The summed E-state index contributed by atoms with van der Waals surface area (Å²) in [6.07, 6.45) is 2.11. The van der Waals surface area contributed by atoms with Crippen molar-refractivity contribution in [2.45, 2.75) is 25.4 Å². The molecule has 1 aliphatic carbocycles. The lowest BCUT2D eigenvalue weighted by Crippen LogP contribution is -2.44. The van der Waals surface area contributed by atoms with Gasteiger partial charge in [-0.15, -0.1) is 5.73 Å². The minimum absolute atomic E-state index is 0.00911. The van der Waals surface area contributed by atoms with E-state index in [2.05, 4.69) is 16.0 Å². The number of aromatic amines is 1. The van der Waals surface area contributed by atoms with Crippen molar-refractivity contribution in [2.24, 2.45) is 0 Å². The highest BCUT2D eigenvalue weighted by molar-refractivity contribution is 5.82. The number of benzene rings is 2. The van der Waals surface area contributed by atoms with Gasteiger partial charge < -0.3 is 10.3 Å². The number of aromatic nitrogens is 2. The predicted octanol–water partition coefficient (Wildman–Crippen LogP) is 2.98. The number of nitrogens with one attached hydrogen (secondary N) is 2. The lowest BCUT2D eigenvalue weighted by atomic mass is 9.98. The maximum Gasteiger partial charge on any atom is 0.329 e. The van der Waals surface area contributed by atoms with Gasteiger partial charge in [-0.3, -0.25) is 9.59 Å². The second-order valence-corrected chi connectivity index (χ2v) is 7.25. The molecule has 1 amide bonds. The monoisotopic (exact) mass is 445 g/mol. The van der Waals surface area contributed by atoms with Crippen LogP contribution >= 0.6 is 0 Å². The van der Waals surface area contributed by atoms with E-state index in [1.807, 2.05) is 0 Å². The lowest BCUT2D eigenvalue weighted by molar-refractivity contribution is -0.124. The number of hydrogen-bond donors (Lipinski definition) is 2. The Balaban J connectivity index is 1.74. The number of nitrogens with zero attached hydrogens (tertiary/aromatic N) is 1. The molecule has 2 aromatic carbocycles. The Morgan fingerprint density at radius 2 is 1.81 bits per heavy atom. The summed E-state index contributed by atoms with van der Waals surface area (Å²) in [7, 11) is 0. The predicted molar refractivity (Wildman–Crippen MR) is 107 cm³/mol. The van der Waals surface area contributed by atoms with E-state index in [0.717, 1.165) is 18.2 Å². The molecule has 0 saturated heterocycles. The summed E-state index contributed by atoms with van der Waals surface area (Å²) >= 11 is 0. The molecule has 0 saturated carbocycles. The van der Waals surface area contributed by atoms with Gasteiger partial charge in [0.1, 0.15) is 23.5 Å². The fourth-order valence-corrected chi connectivity index (χ4v) is 3.43. The van der Waals surface area contributed by atoms with Crippen LogP contribution < -0.4 is 16.6 Å². The van der Waals surface area contributed by atoms with Crippen LogP contribution in [0.5, 0.6) is 0 Å². The molecule has 3 aromatic rings. The quantitative estimate of drug-likeness (QED) is 0.452. The van der Waals surface area contributed by atoms with Crippen molar-refractivity contribution >= 4 is 16.8 Å². The number of allylic oxidation sites excluding steroid dienone is 1. The van der Waals surface area contributed by atoms with Gasteiger partial charge in [-0.05, 0) is 23.8 Å². The average molecular weight is 445 g/mol. The second kappa shape index (κ2) is 8.32. The highest BCUT2D eigenvalue weighted by atomic mass is 19.1. The van der Waals surface area contributed by atoms with Gasteiger partial charge in [0.25, 0.3) is 5.56 Å². The van der Waals surface area contributed by atoms with Crippen LogP contribution in [-0.4, -0.2) is 15.5 Å². The van der Waals surface area contributed by atoms with Crippen molar-refractivity contribution < 1.29 is 22.4 Å². The molecule has 32 heavy (non-hydrogen) atoms. The zero-order valence-electron chi connectivity index (χ0n) is 16.3. The number of H-pyrrole nitrogens is 1. The summed E-state index contributed by atoms with van der Waals surface area (Å²) in [5.41, 5.74) is 0.886. The van der Waals surface area contributed by atoms with Crippen LogP contribution in [0.1, 0.15) is 24.4 Å². The first kappa shape index (κ1) is 21.3. The molecule has 0 bridgehead atoms. The molecule has 6 nitrogen and oxygen atoms in total. The number of carbonyl (C=O) groups is 1. The van der Waals surface area contributed by atoms with Gasteiger partial charge in [-0.1, -0.05) is 6.07 Å². The summed E-state index contributed by atoms with van der Waals surface area (Å²) in [5.74, 6) is -4.62. The van der Waals surface area contributed by atoms with Gasteiger partial charge >= 0.3 is 5.69 Å². The molecule has 0 fully saturated rings. The fraction of sp³-hybridized carbons (Fsp3) is 0.182. The summed E-state index contributed by atoms with van der Waals surface area (Å²) < 4.78 is 55.3. The van der Waals surface area contributed by atoms with Crippen molar-refractivity contribution in [1.29, 1.82) is 0 Å². The molecule has 2 N–H and O–H groups in total. The first-order valence-corrected chi connectivity index (χ1v) is 9.52. The van der Waals surface area contributed by atoms with Crippen molar-refractivity contribution in [1.82, 2.24) is 14.9 Å². The number of amides is 1. The molecule has 0 aliphatic heterocycles. The maximum absolute atomic E-state index is 14.0. The van der Waals surface area contributed by atoms with E-state index in [1.54, 1.807) is 6.08 Å². The number of halogens is 4. The van der Waals surface area contributed by atoms with Gasteiger partial charge in [0.15, 0.2) is 5.82 Å². The third-order valence-corrected chi connectivity index (χ3v) is 5.13. The molecule has 1 heterocycles. The van der Waals surface area contributed by atoms with Crippen molar-refractivity contribution in [2.75, 3.05) is 0 Å². The van der Waals surface area contributed by atoms with Crippen molar-refractivity contribution in [3.05, 3.63) is 97.4 Å². The van der Waals surface area contributed by atoms with Crippen molar-refractivity contribution in [3.63, 3.8) is 0 Å². The number of rotatable bonds is 6. The van der Waals surface area contributed by atoms with E-state index in [4.69, 9.17) is 0 Å². The van der Waals surface area contributed by atoms with E-state index in [0.29, 0.717) is 28.7 Å². The zero-order valence-corrected chi connectivity index (χ0v) is 16.3. The molecular weight excluding hydrogens is 430 g/mol. The van der Waals surface area contributed by atoms with E-state index < -0.39 is 57.4 Å². The van der Waals surface area contributed by atoms with Crippen LogP contribution in [-0.2, 0) is 11.3 Å². The number of hydrogen-bond acceptors (Lipinski definition) is 3. The van der Waals surface area contributed by atoms with Crippen molar-refractivity contribution in [3.8, 4) is 0 Å². The first-order valence-electron chi connectivity index (χ1n) is 9.52. The fourth-order valence-electron chi connectivity index (χ4n) is 3.43. The van der Waals surface area contributed by atoms with Gasteiger partial charge in [0, 0.05) is 37.1 Å². The van der Waals surface area contributed by atoms with Gasteiger partial charge in [0.05, 0.1) is 10.9 Å². The third-order valence-electron chi connectivity index (χ3n) is 5.13. The summed E-state index contributed by atoms with van der Waals surface area (Å²) in [5, 5.41) is 1.98. The SMILES string of the molecule is O=C(NCc1ccc(F)cc1F)[C@H](CC1=C=CC1)n1c(=O)[nH]c2c(F)cc(F)cc2c1=O. The van der Waals surface area contributed by atoms with Crippen LogP contribution in [0, 0.1) is 23.3 Å². The Kier molecular flexibility index (Phi) is 5.54. The highest BCUT2D eigenvalue weighted by Crippen LogP contribution is 2.23. The van der Waals surface area contributed by atoms with E-state index >= 15 is 0 Å². The topological polar surface area (TPSA) is 84.0 Å². The largest absolute Gasteiger partial charge is 0.350 e. The first-order chi connectivity index (χ1) is 15.2. The van der Waals surface area contributed by atoms with E-state index in [9.17, 15) is 31.9 Å². The summed E-state index contributed by atoms with van der Waals surface area (Å²) in [4.78, 5) is 40.7. The Morgan fingerprint density at radius 3 is 2.47 bits per heavy atom. The third kappa shape index (κ3) is 4.00. The lowest BCUT2D eigenvalue weighted by Gasteiger charge is -2.21. The minimum atomic E-state index is -1.39. The number of carbonyl (C=O) groups excluding carboxylic acids is 1. The van der Waals surface area contributed by atoms with Crippen LogP contribution in [0.3, 0.4) is 0 Å². The van der Waals surface area contributed by atoms with Gasteiger partial charge in [-0.2, -0.15) is 0 Å². The molecule has 0 spiro atoms. The summed E-state index contributed by atoms with van der Waals surface area (Å²) in [6, 6.07) is 2.73. The van der Waals surface area contributed by atoms with Gasteiger partial charge in [0.2, 0.25) is 5.91 Å². The standard InChI is InChI=1S/C22H15F4N3O3/c23-13-5-4-12(16(25)8-13)10-27-20(30)18(6-11-2-1-3-11)29-21(31)15-7-14(24)9-17(26)19(15)28-22(29)32/h1,4-5,7-9,18H,2,6,10H2,(H,27,30)(H,28,32)/t18-/m0/s1. The Morgan fingerprint density at radius 1 is 1.09 bits per heavy atom. The Hall–Kier alpha value is -3.91. The molecular formula is C22H15F4N3O3. The Labute approximate surface area is 177 Å². The van der Waals surface area contributed by atoms with Crippen LogP contribution in [0.15, 0.2) is 57.3 Å². The molecule has 164 valence electrons. The molecule has 0 radical (unpaired) electrons. The van der Waals surface area contributed by atoms with E-state index in [-0.39, 0.29) is 18.5 Å². The molecule has 4 rings (SSSR count). The van der Waals surface area contributed by atoms with Crippen LogP contribution in [0.4, 0.5) is 17.6 Å². The maximum atomic E-state index is 14.0. The summed E-state index contributed by atoms with van der Waals surface area (Å²) in [6.45, 7) is -0.334.